The predicted octanol–water partition coefficient (Wildman–Crippen LogP) is 7.29. The van der Waals surface area contributed by atoms with Crippen LogP contribution >= 0.6 is 11.3 Å². The lowest BCUT2D eigenvalue weighted by Gasteiger charge is -2.20. The third kappa shape index (κ3) is 5.06. The summed E-state index contributed by atoms with van der Waals surface area (Å²) < 4.78 is 46.5. The van der Waals surface area contributed by atoms with Gasteiger partial charge in [-0.25, -0.2) is 17.8 Å². The number of sulfonamides is 1. The summed E-state index contributed by atoms with van der Waals surface area (Å²) in [6.07, 6.45) is 9.12. The zero-order chi connectivity index (χ0) is 28.9. The highest BCUT2D eigenvalue weighted by Gasteiger charge is 2.26. The molecule has 0 amide bonds. The van der Waals surface area contributed by atoms with Crippen molar-refractivity contribution in [1.82, 2.24) is 9.97 Å². The second-order valence-corrected chi connectivity index (χ2v) is 13.3. The fraction of sp³-hybridized carbons (Fsp3) is 0.258. The minimum atomic E-state index is -3.65. The summed E-state index contributed by atoms with van der Waals surface area (Å²) in [5.41, 5.74) is 4.92. The number of nitrogens with zero attached hydrogens (tertiary/aromatic N) is 3. The lowest BCUT2D eigenvalue weighted by atomic mass is 9.96. The quantitative estimate of drug-likeness (QED) is 0.185. The molecule has 0 saturated heterocycles. The summed E-state index contributed by atoms with van der Waals surface area (Å²) >= 11 is 1.68. The average molecular weight is 590 g/mol. The van der Waals surface area contributed by atoms with E-state index in [4.69, 9.17) is 9.40 Å². The Kier molecular flexibility index (Phi) is 6.99. The Balaban J connectivity index is 1.58. The van der Waals surface area contributed by atoms with Gasteiger partial charge in [0.15, 0.2) is 5.78 Å². The zero-order valence-corrected chi connectivity index (χ0v) is 24.5. The Morgan fingerprint density at radius 1 is 1.05 bits per heavy atom. The van der Waals surface area contributed by atoms with E-state index in [1.807, 2.05) is 6.07 Å². The fourth-order valence-corrected chi connectivity index (χ4v) is 6.88. The molecule has 0 spiro atoms. The lowest BCUT2D eigenvalue weighted by Crippen LogP contribution is -2.25. The predicted molar refractivity (Wildman–Crippen MR) is 160 cm³/mol. The lowest BCUT2D eigenvalue weighted by molar-refractivity contribution is 0.0989. The minimum Gasteiger partial charge on any atom is -0.455 e. The van der Waals surface area contributed by atoms with Crippen LogP contribution in [0.15, 0.2) is 59.3 Å². The largest absolute Gasteiger partial charge is 0.455 e. The van der Waals surface area contributed by atoms with Gasteiger partial charge in [0.05, 0.1) is 23.2 Å². The van der Waals surface area contributed by atoms with Crippen molar-refractivity contribution in [3.63, 3.8) is 0 Å². The summed E-state index contributed by atoms with van der Waals surface area (Å²) in [5, 5.41) is 1.43. The van der Waals surface area contributed by atoms with Crippen molar-refractivity contribution < 1.29 is 22.0 Å². The van der Waals surface area contributed by atoms with Crippen LogP contribution < -0.4 is 4.31 Å². The maximum Gasteiger partial charge on any atom is 0.232 e. The van der Waals surface area contributed by atoms with Crippen molar-refractivity contribution >= 4 is 43.8 Å². The second-order valence-electron chi connectivity index (χ2n) is 10.2. The van der Waals surface area contributed by atoms with E-state index in [1.54, 1.807) is 54.9 Å². The number of halogens is 1. The summed E-state index contributed by atoms with van der Waals surface area (Å²) in [4.78, 5) is 23.9. The molecule has 10 heteroatoms. The van der Waals surface area contributed by atoms with E-state index < -0.39 is 15.8 Å². The van der Waals surface area contributed by atoms with Crippen LogP contribution in [0.2, 0.25) is 0 Å². The fourth-order valence-electron chi connectivity index (χ4n) is 5.24. The molecule has 1 aliphatic rings. The third-order valence-electron chi connectivity index (χ3n) is 7.49. The molecule has 2 aromatic carbocycles. The summed E-state index contributed by atoms with van der Waals surface area (Å²) in [7, 11) is -2.17. The van der Waals surface area contributed by atoms with Gasteiger partial charge in [-0.05, 0) is 62.1 Å². The molecule has 0 fully saturated rings. The van der Waals surface area contributed by atoms with Crippen LogP contribution in [0, 0.1) is 5.82 Å². The van der Waals surface area contributed by atoms with E-state index in [9.17, 15) is 17.6 Å². The van der Waals surface area contributed by atoms with Gasteiger partial charge in [0, 0.05) is 64.4 Å². The summed E-state index contributed by atoms with van der Waals surface area (Å²) in [6.45, 7) is 1.77. The SMILES string of the molecule is CCC(=O)c1c(-c2ccc(F)cc2)oc2cc(N(C)S(C)(=O)=O)c(-c3cncc(-c4nc5c(s4)CCCC5)c3)cc12. The second kappa shape index (κ2) is 10.5. The number of aromatic nitrogens is 2. The maximum atomic E-state index is 13.7. The van der Waals surface area contributed by atoms with Crippen LogP contribution in [0.1, 0.15) is 47.1 Å². The summed E-state index contributed by atoms with van der Waals surface area (Å²) in [6, 6.07) is 11.1. The van der Waals surface area contributed by atoms with Gasteiger partial charge in [-0.2, -0.15) is 0 Å². The maximum absolute atomic E-state index is 13.7. The molecule has 0 atom stereocenters. The van der Waals surface area contributed by atoms with Crippen molar-refractivity contribution in [3.05, 3.63) is 76.8 Å². The number of carbonyl (C=O) groups excluding carboxylic acids is 1. The number of aryl methyl sites for hydroxylation is 2. The number of carbonyl (C=O) groups is 1. The van der Waals surface area contributed by atoms with E-state index in [-0.39, 0.29) is 12.2 Å². The van der Waals surface area contributed by atoms with Crippen LogP contribution in [-0.2, 0) is 22.9 Å². The number of furan rings is 1. The molecular formula is C31H28FN3O4S2. The first-order valence-corrected chi connectivity index (χ1v) is 16.1. The third-order valence-corrected chi connectivity index (χ3v) is 9.89. The molecule has 3 heterocycles. The van der Waals surface area contributed by atoms with Gasteiger partial charge in [0.25, 0.3) is 0 Å². The van der Waals surface area contributed by atoms with Gasteiger partial charge in [0.2, 0.25) is 10.0 Å². The molecule has 7 nitrogen and oxygen atoms in total. The van der Waals surface area contributed by atoms with Gasteiger partial charge in [0.1, 0.15) is 22.2 Å². The van der Waals surface area contributed by atoms with Gasteiger partial charge in [-0.3, -0.25) is 14.1 Å². The molecule has 0 unspecified atom stereocenters. The number of pyridine rings is 1. The van der Waals surface area contributed by atoms with Crippen LogP contribution in [0.4, 0.5) is 10.1 Å². The minimum absolute atomic E-state index is 0.140. The summed E-state index contributed by atoms with van der Waals surface area (Å²) in [5.74, 6) is -0.225. The highest BCUT2D eigenvalue weighted by atomic mass is 32.2. The molecule has 210 valence electrons. The average Bonchev–Trinajstić information content (AvgIpc) is 3.57. The Hall–Kier alpha value is -3.89. The topological polar surface area (TPSA) is 93.4 Å². The van der Waals surface area contributed by atoms with Gasteiger partial charge < -0.3 is 4.42 Å². The molecule has 41 heavy (non-hydrogen) atoms. The molecule has 0 aliphatic heterocycles. The van der Waals surface area contributed by atoms with Crippen molar-refractivity contribution in [2.45, 2.75) is 39.0 Å². The first-order valence-electron chi connectivity index (χ1n) is 13.4. The first-order chi connectivity index (χ1) is 19.6. The van der Waals surface area contributed by atoms with Crippen LogP contribution in [0.25, 0.3) is 44.0 Å². The smallest absolute Gasteiger partial charge is 0.232 e. The molecule has 1 aliphatic carbocycles. The van der Waals surface area contributed by atoms with E-state index in [1.165, 1.54) is 28.4 Å². The van der Waals surface area contributed by atoms with E-state index in [2.05, 4.69) is 4.98 Å². The molecule has 0 radical (unpaired) electrons. The highest BCUT2D eigenvalue weighted by molar-refractivity contribution is 7.92. The van der Waals surface area contributed by atoms with E-state index in [0.717, 1.165) is 48.2 Å². The number of rotatable bonds is 7. The molecule has 0 saturated carbocycles. The normalized spacial score (nSPS) is 13.4. The number of benzene rings is 2. The van der Waals surface area contributed by atoms with Gasteiger partial charge >= 0.3 is 0 Å². The Labute approximate surface area is 241 Å². The van der Waals surface area contributed by atoms with Crippen molar-refractivity contribution in [1.29, 1.82) is 0 Å². The Morgan fingerprint density at radius 2 is 1.78 bits per heavy atom. The first kappa shape index (κ1) is 27.3. The monoisotopic (exact) mass is 589 g/mol. The Bertz CT molecular complexity index is 1890. The molecule has 6 rings (SSSR count). The van der Waals surface area contributed by atoms with Crippen molar-refractivity contribution in [2.24, 2.45) is 0 Å². The number of ketones is 1. The van der Waals surface area contributed by atoms with Crippen LogP contribution in [-0.4, -0.2) is 37.5 Å². The van der Waals surface area contributed by atoms with Crippen molar-refractivity contribution in [2.75, 3.05) is 17.6 Å². The molecular weight excluding hydrogens is 561 g/mol. The number of fused-ring (bicyclic) bond motifs is 2. The zero-order valence-electron chi connectivity index (χ0n) is 22.9. The number of thiazole rings is 1. The molecule has 5 aromatic rings. The molecule has 0 bridgehead atoms. The van der Waals surface area contributed by atoms with Crippen LogP contribution in [0.3, 0.4) is 0 Å². The molecule has 0 N–H and O–H groups in total. The standard InChI is InChI=1S/C31H28FN3O4S2/c1-4-26(36)29-23-14-22(19-13-20(17-33-16-19)31-34-24-7-5-6-8-28(24)40-31)25(35(2)41(3,37)38)15-27(23)39-30(29)18-9-11-21(32)12-10-18/h9-17H,4-8H2,1-3H3. The van der Waals surface area contributed by atoms with Gasteiger partial charge in [-0.1, -0.05) is 6.92 Å². The number of anilines is 1. The van der Waals surface area contributed by atoms with E-state index in [0.29, 0.717) is 44.7 Å². The number of Topliss-reactive ketones (excluding diaryl/α,β-unsaturated/α-hetero) is 1. The number of hydrogen-bond donors (Lipinski definition) is 0. The van der Waals surface area contributed by atoms with Crippen molar-refractivity contribution in [3.8, 4) is 33.0 Å². The number of hydrogen-bond acceptors (Lipinski definition) is 7. The highest BCUT2D eigenvalue weighted by Crippen LogP contribution is 2.42. The Morgan fingerprint density at radius 3 is 2.49 bits per heavy atom. The van der Waals surface area contributed by atoms with E-state index >= 15 is 0 Å². The van der Waals surface area contributed by atoms with Crippen LogP contribution in [0.5, 0.6) is 0 Å². The van der Waals surface area contributed by atoms with Gasteiger partial charge in [-0.15, -0.1) is 11.3 Å². The molecule has 3 aromatic heterocycles.